The Kier molecular flexibility index (Phi) is 3.42. The van der Waals surface area contributed by atoms with Gasteiger partial charge in [0, 0.05) is 19.6 Å². The normalized spacial score (nSPS) is 27.9. The van der Waals surface area contributed by atoms with Gasteiger partial charge in [-0.25, -0.2) is 0 Å². The molecule has 2 rings (SSSR count). The molecule has 2 aliphatic rings. The second-order valence-corrected chi connectivity index (χ2v) is 5.07. The lowest BCUT2D eigenvalue weighted by Crippen LogP contribution is -2.50. The van der Waals surface area contributed by atoms with E-state index in [0.29, 0.717) is 0 Å². The molecule has 2 aliphatic heterocycles. The van der Waals surface area contributed by atoms with Gasteiger partial charge in [0.25, 0.3) is 0 Å². The van der Waals surface area contributed by atoms with Gasteiger partial charge in [0.1, 0.15) is 0 Å². The van der Waals surface area contributed by atoms with E-state index in [2.05, 4.69) is 16.8 Å². The lowest BCUT2D eigenvalue weighted by atomic mass is 9.94. The zero-order chi connectivity index (χ0) is 9.97. The molecular weight excluding hydrogens is 174 g/mol. The molecule has 0 bridgehead atoms. The Morgan fingerprint density at radius 1 is 1.14 bits per heavy atom. The maximum atomic E-state index is 5.68. The summed E-state index contributed by atoms with van der Waals surface area (Å²) in [5, 5.41) is 0. The number of piperidine rings is 1. The van der Waals surface area contributed by atoms with Crippen LogP contribution in [0, 0.1) is 11.8 Å². The molecule has 0 aliphatic carbocycles. The van der Waals surface area contributed by atoms with Crippen molar-refractivity contribution in [3.63, 3.8) is 0 Å². The number of likely N-dealkylation sites (tertiary alicyclic amines) is 2. The van der Waals surface area contributed by atoms with Crippen molar-refractivity contribution in [2.24, 2.45) is 17.6 Å². The van der Waals surface area contributed by atoms with E-state index in [9.17, 15) is 0 Å². The molecule has 0 atom stereocenters. The summed E-state index contributed by atoms with van der Waals surface area (Å²) in [6, 6.07) is 0. The van der Waals surface area contributed by atoms with Crippen LogP contribution in [0.15, 0.2) is 0 Å². The van der Waals surface area contributed by atoms with Gasteiger partial charge in [-0.05, 0) is 51.4 Å². The van der Waals surface area contributed by atoms with Crippen molar-refractivity contribution in [2.45, 2.75) is 12.8 Å². The van der Waals surface area contributed by atoms with Crippen LogP contribution < -0.4 is 5.73 Å². The number of hydrogen-bond acceptors (Lipinski definition) is 3. The lowest BCUT2D eigenvalue weighted by molar-refractivity contribution is 0.0749. The zero-order valence-corrected chi connectivity index (χ0v) is 9.28. The minimum Gasteiger partial charge on any atom is -0.330 e. The minimum atomic E-state index is 0.801. The van der Waals surface area contributed by atoms with Gasteiger partial charge in [-0.1, -0.05) is 0 Å². The van der Waals surface area contributed by atoms with E-state index in [4.69, 9.17) is 5.73 Å². The highest BCUT2D eigenvalue weighted by Crippen LogP contribution is 2.20. The van der Waals surface area contributed by atoms with E-state index in [1.54, 1.807) is 0 Å². The Morgan fingerprint density at radius 2 is 1.79 bits per heavy atom. The van der Waals surface area contributed by atoms with E-state index in [1.807, 2.05) is 0 Å². The fourth-order valence-corrected chi connectivity index (χ4v) is 2.71. The van der Waals surface area contributed by atoms with Crippen LogP contribution in [0.2, 0.25) is 0 Å². The molecule has 2 fully saturated rings. The summed E-state index contributed by atoms with van der Waals surface area (Å²) >= 11 is 0. The van der Waals surface area contributed by atoms with E-state index in [0.717, 1.165) is 18.4 Å². The molecular formula is C11H23N3. The van der Waals surface area contributed by atoms with Crippen molar-refractivity contribution >= 4 is 0 Å². The second kappa shape index (κ2) is 4.60. The molecule has 2 heterocycles. The standard InChI is InChI=1S/C11H23N3/c1-13-7-11(8-13)9-14-4-2-10(6-12)3-5-14/h10-11H,2-9,12H2,1H3. The van der Waals surface area contributed by atoms with Crippen molar-refractivity contribution in [2.75, 3.05) is 46.3 Å². The van der Waals surface area contributed by atoms with Crippen molar-refractivity contribution in [3.05, 3.63) is 0 Å². The van der Waals surface area contributed by atoms with Gasteiger partial charge in [-0.2, -0.15) is 0 Å². The van der Waals surface area contributed by atoms with Gasteiger partial charge in [-0.3, -0.25) is 0 Å². The molecule has 14 heavy (non-hydrogen) atoms. The Labute approximate surface area is 87.2 Å². The van der Waals surface area contributed by atoms with Crippen molar-refractivity contribution in [3.8, 4) is 0 Å². The molecule has 0 spiro atoms. The number of nitrogens with two attached hydrogens (primary N) is 1. The largest absolute Gasteiger partial charge is 0.330 e. The topological polar surface area (TPSA) is 32.5 Å². The minimum absolute atomic E-state index is 0.801. The van der Waals surface area contributed by atoms with Gasteiger partial charge in [-0.15, -0.1) is 0 Å². The third-order valence-electron chi connectivity index (χ3n) is 3.70. The quantitative estimate of drug-likeness (QED) is 0.702. The predicted molar refractivity (Wildman–Crippen MR) is 59.2 cm³/mol. The van der Waals surface area contributed by atoms with E-state index < -0.39 is 0 Å². The third kappa shape index (κ3) is 2.47. The van der Waals surface area contributed by atoms with Gasteiger partial charge in [0.05, 0.1) is 0 Å². The molecule has 0 unspecified atom stereocenters. The predicted octanol–water partition coefficient (Wildman–Crippen LogP) is 0.219. The van der Waals surface area contributed by atoms with Crippen LogP contribution in [0.3, 0.4) is 0 Å². The molecule has 2 saturated heterocycles. The van der Waals surface area contributed by atoms with Crippen LogP contribution in [-0.2, 0) is 0 Å². The number of rotatable bonds is 3. The lowest BCUT2D eigenvalue weighted by Gasteiger charge is -2.41. The van der Waals surface area contributed by atoms with Crippen LogP contribution in [0.1, 0.15) is 12.8 Å². The molecule has 0 aromatic rings. The summed E-state index contributed by atoms with van der Waals surface area (Å²) in [7, 11) is 2.21. The first-order chi connectivity index (χ1) is 6.78. The molecule has 0 radical (unpaired) electrons. The summed E-state index contributed by atoms with van der Waals surface area (Å²) in [5.74, 6) is 1.74. The summed E-state index contributed by atoms with van der Waals surface area (Å²) in [4.78, 5) is 5.03. The van der Waals surface area contributed by atoms with Crippen molar-refractivity contribution in [1.82, 2.24) is 9.80 Å². The first kappa shape index (κ1) is 10.4. The molecule has 0 aromatic carbocycles. The summed E-state index contributed by atoms with van der Waals surface area (Å²) < 4.78 is 0. The fourth-order valence-electron chi connectivity index (χ4n) is 2.71. The van der Waals surface area contributed by atoms with Gasteiger partial charge in [0.15, 0.2) is 0 Å². The monoisotopic (exact) mass is 197 g/mol. The highest BCUT2D eigenvalue weighted by molar-refractivity contribution is 4.82. The molecule has 0 amide bonds. The van der Waals surface area contributed by atoms with Crippen LogP contribution in [0.4, 0.5) is 0 Å². The van der Waals surface area contributed by atoms with Gasteiger partial charge in [0.2, 0.25) is 0 Å². The number of hydrogen-bond donors (Lipinski definition) is 1. The Morgan fingerprint density at radius 3 is 2.29 bits per heavy atom. The maximum absolute atomic E-state index is 5.68. The first-order valence-electron chi connectivity index (χ1n) is 5.89. The molecule has 3 heteroatoms. The van der Waals surface area contributed by atoms with Crippen LogP contribution in [0.5, 0.6) is 0 Å². The second-order valence-electron chi connectivity index (χ2n) is 5.07. The Bertz CT molecular complexity index is 169. The summed E-state index contributed by atoms with van der Waals surface area (Å²) in [6.07, 6.45) is 2.64. The molecule has 3 nitrogen and oxygen atoms in total. The average Bonchev–Trinajstić information content (AvgIpc) is 2.17. The Hall–Kier alpha value is -0.120. The van der Waals surface area contributed by atoms with Crippen LogP contribution in [0.25, 0.3) is 0 Å². The van der Waals surface area contributed by atoms with E-state index >= 15 is 0 Å². The number of nitrogens with zero attached hydrogens (tertiary/aromatic N) is 2. The van der Waals surface area contributed by atoms with E-state index in [1.165, 1.54) is 45.6 Å². The third-order valence-corrected chi connectivity index (χ3v) is 3.70. The Balaban J connectivity index is 1.64. The molecule has 0 aromatic heterocycles. The zero-order valence-electron chi connectivity index (χ0n) is 9.28. The first-order valence-corrected chi connectivity index (χ1v) is 5.89. The highest BCUT2D eigenvalue weighted by Gasteiger charge is 2.27. The van der Waals surface area contributed by atoms with Crippen molar-refractivity contribution in [1.29, 1.82) is 0 Å². The van der Waals surface area contributed by atoms with Crippen LogP contribution >= 0.6 is 0 Å². The molecule has 2 N–H and O–H groups in total. The summed E-state index contributed by atoms with van der Waals surface area (Å²) in [6.45, 7) is 7.37. The fraction of sp³-hybridized carbons (Fsp3) is 1.00. The molecule has 0 saturated carbocycles. The SMILES string of the molecule is CN1CC(CN2CCC(CN)CC2)C1. The molecule has 82 valence electrons. The van der Waals surface area contributed by atoms with E-state index in [-0.39, 0.29) is 0 Å². The van der Waals surface area contributed by atoms with Crippen molar-refractivity contribution < 1.29 is 0 Å². The summed E-state index contributed by atoms with van der Waals surface area (Å²) in [5.41, 5.74) is 5.68. The average molecular weight is 197 g/mol. The smallest absolute Gasteiger partial charge is 0.00342 e. The highest BCUT2D eigenvalue weighted by atomic mass is 15.2. The van der Waals surface area contributed by atoms with Gasteiger partial charge < -0.3 is 15.5 Å². The maximum Gasteiger partial charge on any atom is 0.00342 e. The van der Waals surface area contributed by atoms with Crippen LogP contribution in [-0.4, -0.2) is 56.1 Å². The van der Waals surface area contributed by atoms with Gasteiger partial charge >= 0.3 is 0 Å².